The molecule has 8 heteroatoms. The van der Waals surface area contributed by atoms with Crippen LogP contribution in [0.3, 0.4) is 0 Å². The number of hydrogen-bond acceptors (Lipinski definition) is 6. The predicted molar refractivity (Wildman–Crippen MR) is 124 cm³/mol. The third-order valence-corrected chi connectivity index (χ3v) is 6.26. The van der Waals surface area contributed by atoms with Crippen LogP contribution in [0.1, 0.15) is 11.3 Å². The number of aromatic nitrogens is 4. The molecule has 2 aromatic carbocycles. The van der Waals surface area contributed by atoms with Gasteiger partial charge in [-0.25, -0.2) is 9.97 Å². The molecule has 5 rings (SSSR count). The van der Waals surface area contributed by atoms with Crippen LogP contribution in [0.4, 0.5) is 11.6 Å². The molecule has 1 aliphatic rings. The molecular formula is C23H23ClN6O. The lowest BCUT2D eigenvalue weighted by Crippen LogP contribution is -2.47. The zero-order valence-corrected chi connectivity index (χ0v) is 18.2. The number of nitrogens with zero attached hydrogens (tertiary/aromatic N) is 6. The van der Waals surface area contributed by atoms with Crippen LogP contribution in [-0.2, 0) is 0 Å². The minimum atomic E-state index is 0.282. The molecule has 1 aliphatic heterocycles. The van der Waals surface area contributed by atoms with Gasteiger partial charge in [0.15, 0.2) is 5.65 Å². The van der Waals surface area contributed by atoms with E-state index in [1.807, 2.05) is 48.7 Å². The SMILES string of the molecule is Cc1cccc(-n2cnc3c(C)nc(N4CCN(c5ccc(O)cc5)CC4)nc32)c1Cl. The van der Waals surface area contributed by atoms with Gasteiger partial charge >= 0.3 is 0 Å². The van der Waals surface area contributed by atoms with Gasteiger partial charge in [0.05, 0.1) is 16.4 Å². The van der Waals surface area contributed by atoms with Crippen LogP contribution >= 0.6 is 11.6 Å². The van der Waals surface area contributed by atoms with Gasteiger partial charge in [0.25, 0.3) is 0 Å². The smallest absolute Gasteiger partial charge is 0.227 e. The van der Waals surface area contributed by atoms with Crippen molar-refractivity contribution in [1.82, 2.24) is 19.5 Å². The molecule has 0 saturated carbocycles. The van der Waals surface area contributed by atoms with E-state index in [0.717, 1.165) is 60.0 Å². The van der Waals surface area contributed by atoms with E-state index >= 15 is 0 Å². The van der Waals surface area contributed by atoms with Gasteiger partial charge in [-0.15, -0.1) is 0 Å². The molecule has 1 saturated heterocycles. The molecule has 0 atom stereocenters. The summed E-state index contributed by atoms with van der Waals surface area (Å²) < 4.78 is 1.94. The van der Waals surface area contributed by atoms with Gasteiger partial charge in [0, 0.05) is 31.9 Å². The highest BCUT2D eigenvalue weighted by Gasteiger charge is 2.22. The predicted octanol–water partition coefficient (Wildman–Crippen LogP) is 4.12. The summed E-state index contributed by atoms with van der Waals surface area (Å²) >= 11 is 6.57. The number of aryl methyl sites for hydroxylation is 2. The molecule has 0 bridgehead atoms. The van der Waals surface area contributed by atoms with Crippen molar-refractivity contribution in [1.29, 1.82) is 0 Å². The Morgan fingerprint density at radius 3 is 2.35 bits per heavy atom. The number of rotatable bonds is 3. The quantitative estimate of drug-likeness (QED) is 0.523. The van der Waals surface area contributed by atoms with Crippen molar-refractivity contribution in [2.75, 3.05) is 36.0 Å². The van der Waals surface area contributed by atoms with Crippen molar-refractivity contribution in [3.63, 3.8) is 0 Å². The third-order valence-electron chi connectivity index (χ3n) is 5.77. The van der Waals surface area contributed by atoms with Crippen molar-refractivity contribution in [2.45, 2.75) is 13.8 Å². The second kappa shape index (κ2) is 7.74. The summed E-state index contributed by atoms with van der Waals surface area (Å²) in [6.07, 6.45) is 1.76. The van der Waals surface area contributed by atoms with E-state index in [1.165, 1.54) is 0 Å². The normalized spacial score (nSPS) is 14.4. The fourth-order valence-corrected chi connectivity index (χ4v) is 4.21. The maximum absolute atomic E-state index is 9.52. The number of imidazole rings is 1. The second-order valence-electron chi connectivity index (χ2n) is 7.79. The number of phenolic OH excluding ortho intramolecular Hbond substituents is 1. The molecule has 4 aromatic rings. The van der Waals surface area contributed by atoms with Crippen LogP contribution in [0.5, 0.6) is 5.75 Å². The topological polar surface area (TPSA) is 70.3 Å². The zero-order chi connectivity index (χ0) is 21.5. The summed E-state index contributed by atoms with van der Waals surface area (Å²) in [5.41, 5.74) is 5.38. The fraction of sp³-hybridized carbons (Fsp3) is 0.261. The van der Waals surface area contributed by atoms with Gasteiger partial charge in [-0.1, -0.05) is 23.7 Å². The van der Waals surface area contributed by atoms with Crippen molar-refractivity contribution in [3.8, 4) is 11.4 Å². The van der Waals surface area contributed by atoms with Crippen LogP contribution in [0, 0.1) is 13.8 Å². The van der Waals surface area contributed by atoms with Crippen molar-refractivity contribution >= 4 is 34.4 Å². The van der Waals surface area contributed by atoms with E-state index in [9.17, 15) is 5.11 Å². The molecule has 1 N–H and O–H groups in total. The molecular weight excluding hydrogens is 412 g/mol. The second-order valence-corrected chi connectivity index (χ2v) is 8.17. The Labute approximate surface area is 185 Å². The first-order valence-electron chi connectivity index (χ1n) is 10.3. The Hall–Kier alpha value is -3.32. The molecule has 0 spiro atoms. The molecule has 7 nitrogen and oxygen atoms in total. The van der Waals surface area contributed by atoms with Crippen LogP contribution in [-0.4, -0.2) is 50.8 Å². The van der Waals surface area contributed by atoms with Crippen LogP contribution in [0.25, 0.3) is 16.9 Å². The molecule has 0 aliphatic carbocycles. The highest BCUT2D eigenvalue weighted by Crippen LogP contribution is 2.28. The maximum atomic E-state index is 9.52. The summed E-state index contributed by atoms with van der Waals surface area (Å²) in [6.45, 7) is 7.29. The Kier molecular flexibility index (Phi) is 4.90. The van der Waals surface area contributed by atoms with E-state index in [2.05, 4.69) is 14.8 Å². The Morgan fingerprint density at radius 1 is 0.903 bits per heavy atom. The van der Waals surface area contributed by atoms with E-state index in [1.54, 1.807) is 18.5 Å². The molecule has 3 heterocycles. The van der Waals surface area contributed by atoms with Gasteiger partial charge in [-0.2, -0.15) is 4.98 Å². The number of phenols is 1. The fourth-order valence-electron chi connectivity index (χ4n) is 3.99. The summed E-state index contributed by atoms with van der Waals surface area (Å²) in [6, 6.07) is 13.3. The molecule has 0 radical (unpaired) electrons. The van der Waals surface area contributed by atoms with Crippen LogP contribution in [0.2, 0.25) is 5.02 Å². The largest absolute Gasteiger partial charge is 0.508 e. The Morgan fingerprint density at radius 2 is 1.61 bits per heavy atom. The lowest BCUT2D eigenvalue weighted by atomic mass is 10.2. The number of halogens is 1. The van der Waals surface area contributed by atoms with Gasteiger partial charge in [-0.05, 0) is 49.7 Å². The van der Waals surface area contributed by atoms with E-state index in [0.29, 0.717) is 11.0 Å². The van der Waals surface area contributed by atoms with E-state index < -0.39 is 0 Å². The lowest BCUT2D eigenvalue weighted by molar-refractivity contribution is 0.475. The van der Waals surface area contributed by atoms with Gasteiger partial charge in [0.1, 0.15) is 17.6 Å². The van der Waals surface area contributed by atoms with E-state index in [4.69, 9.17) is 21.6 Å². The molecule has 2 aromatic heterocycles. The number of benzene rings is 2. The average Bonchev–Trinajstić information content (AvgIpc) is 3.21. The summed E-state index contributed by atoms with van der Waals surface area (Å²) in [5.74, 6) is 0.991. The van der Waals surface area contributed by atoms with Gasteiger partial charge < -0.3 is 14.9 Å². The van der Waals surface area contributed by atoms with Crippen molar-refractivity contribution in [3.05, 3.63) is 65.1 Å². The number of hydrogen-bond donors (Lipinski definition) is 1. The summed E-state index contributed by atoms with van der Waals surface area (Å²) in [7, 11) is 0. The first-order chi connectivity index (χ1) is 15.0. The standard InChI is InChI=1S/C23H23ClN6O/c1-15-4-3-5-19(20(15)24)30-14-25-21-16(2)26-23(27-22(21)30)29-12-10-28(11-13-29)17-6-8-18(31)9-7-17/h3-9,14,31H,10-13H2,1-2H3. The molecule has 0 amide bonds. The molecule has 158 valence electrons. The summed E-state index contributed by atoms with van der Waals surface area (Å²) in [5, 5.41) is 10.2. The minimum Gasteiger partial charge on any atom is -0.508 e. The Balaban J connectivity index is 1.45. The highest BCUT2D eigenvalue weighted by molar-refractivity contribution is 6.33. The highest BCUT2D eigenvalue weighted by atomic mass is 35.5. The molecule has 1 fully saturated rings. The first kappa shape index (κ1) is 19.6. The zero-order valence-electron chi connectivity index (χ0n) is 17.5. The average molecular weight is 435 g/mol. The Bertz CT molecular complexity index is 1250. The van der Waals surface area contributed by atoms with Crippen molar-refractivity contribution in [2.24, 2.45) is 0 Å². The summed E-state index contributed by atoms with van der Waals surface area (Å²) in [4.78, 5) is 18.7. The number of piperazine rings is 1. The number of fused-ring (bicyclic) bond motifs is 1. The number of aromatic hydroxyl groups is 1. The monoisotopic (exact) mass is 434 g/mol. The van der Waals surface area contributed by atoms with E-state index in [-0.39, 0.29) is 5.75 Å². The van der Waals surface area contributed by atoms with Gasteiger partial charge in [0.2, 0.25) is 5.95 Å². The van der Waals surface area contributed by atoms with Gasteiger partial charge in [-0.3, -0.25) is 4.57 Å². The minimum absolute atomic E-state index is 0.282. The van der Waals surface area contributed by atoms with Crippen LogP contribution in [0.15, 0.2) is 48.8 Å². The van der Waals surface area contributed by atoms with Crippen LogP contribution < -0.4 is 9.80 Å². The third kappa shape index (κ3) is 3.55. The van der Waals surface area contributed by atoms with Crippen molar-refractivity contribution < 1.29 is 5.11 Å². The molecule has 0 unspecified atom stereocenters. The first-order valence-corrected chi connectivity index (χ1v) is 10.6. The lowest BCUT2D eigenvalue weighted by Gasteiger charge is -2.36. The maximum Gasteiger partial charge on any atom is 0.227 e. The molecule has 31 heavy (non-hydrogen) atoms. The number of anilines is 2.